The molecule has 0 fully saturated rings. The Balaban J connectivity index is 2.40. The van der Waals surface area contributed by atoms with Crippen LogP contribution in [0.4, 0.5) is 0 Å². The van der Waals surface area contributed by atoms with E-state index >= 15 is 0 Å². The highest BCUT2D eigenvalue weighted by molar-refractivity contribution is 6.74. The predicted octanol–water partition coefficient (Wildman–Crippen LogP) is 5.74. The maximum Gasteiger partial charge on any atom is 0.250 e. The third kappa shape index (κ3) is 3.13. The summed E-state index contributed by atoms with van der Waals surface area (Å²) >= 11 is 0. The molecular formula is C18H24OSi. The molecule has 0 amide bonds. The van der Waals surface area contributed by atoms with Crippen molar-refractivity contribution in [3.8, 4) is 16.9 Å². The lowest BCUT2D eigenvalue weighted by atomic mass is 10.1. The molecule has 20 heavy (non-hydrogen) atoms. The maximum atomic E-state index is 6.49. The van der Waals surface area contributed by atoms with E-state index in [1.165, 1.54) is 11.1 Å². The number of hydrogen-bond acceptors (Lipinski definition) is 1. The minimum absolute atomic E-state index is 0.205. The van der Waals surface area contributed by atoms with Gasteiger partial charge in [0.2, 0.25) is 0 Å². The van der Waals surface area contributed by atoms with Crippen molar-refractivity contribution in [1.82, 2.24) is 0 Å². The number of hydrogen-bond donors (Lipinski definition) is 0. The Labute approximate surface area is 123 Å². The first-order valence-corrected chi connectivity index (χ1v) is 10.1. The molecule has 2 aromatic carbocycles. The van der Waals surface area contributed by atoms with Crippen LogP contribution < -0.4 is 4.43 Å². The highest BCUT2D eigenvalue weighted by atomic mass is 28.4. The number of para-hydroxylation sites is 1. The van der Waals surface area contributed by atoms with Crippen LogP contribution in [-0.4, -0.2) is 8.32 Å². The SMILES string of the molecule is CC(C)(C)[Si](C)(C)Oc1ccccc1-c1ccccc1. The summed E-state index contributed by atoms with van der Waals surface area (Å²) in [5.74, 6) is 1.00. The Bertz CT molecular complexity index is 567. The predicted molar refractivity (Wildman–Crippen MR) is 89.7 cm³/mol. The van der Waals surface area contributed by atoms with Gasteiger partial charge in [-0.3, -0.25) is 0 Å². The summed E-state index contributed by atoms with van der Waals surface area (Å²) in [6.07, 6.45) is 0. The summed E-state index contributed by atoms with van der Waals surface area (Å²) in [4.78, 5) is 0. The summed E-state index contributed by atoms with van der Waals surface area (Å²) in [5.41, 5.74) is 2.39. The molecule has 0 spiro atoms. The fourth-order valence-corrected chi connectivity index (χ4v) is 2.87. The first-order valence-electron chi connectivity index (χ1n) is 7.15. The van der Waals surface area contributed by atoms with Crippen LogP contribution in [0.2, 0.25) is 18.1 Å². The van der Waals surface area contributed by atoms with Crippen LogP contribution in [0.1, 0.15) is 20.8 Å². The molecule has 0 unspecified atom stereocenters. The van der Waals surface area contributed by atoms with E-state index in [-0.39, 0.29) is 5.04 Å². The number of benzene rings is 2. The van der Waals surface area contributed by atoms with Crippen molar-refractivity contribution in [1.29, 1.82) is 0 Å². The van der Waals surface area contributed by atoms with Crippen molar-refractivity contribution in [2.45, 2.75) is 38.9 Å². The normalized spacial score (nSPS) is 12.2. The highest BCUT2D eigenvalue weighted by Gasteiger charge is 2.39. The maximum absolute atomic E-state index is 6.49. The largest absolute Gasteiger partial charge is 0.543 e. The molecule has 0 N–H and O–H groups in total. The monoisotopic (exact) mass is 284 g/mol. The minimum atomic E-state index is -1.81. The van der Waals surface area contributed by atoms with Crippen molar-refractivity contribution in [2.24, 2.45) is 0 Å². The lowest BCUT2D eigenvalue weighted by Gasteiger charge is -2.37. The second-order valence-electron chi connectivity index (χ2n) is 6.72. The quantitative estimate of drug-likeness (QED) is 0.653. The van der Waals surface area contributed by atoms with Gasteiger partial charge < -0.3 is 4.43 Å². The Kier molecular flexibility index (Phi) is 4.05. The Hall–Kier alpha value is -1.54. The third-order valence-electron chi connectivity index (χ3n) is 4.14. The van der Waals surface area contributed by atoms with Gasteiger partial charge in [-0.25, -0.2) is 0 Å². The van der Waals surface area contributed by atoms with Gasteiger partial charge >= 0.3 is 0 Å². The van der Waals surface area contributed by atoms with Crippen LogP contribution in [0.25, 0.3) is 11.1 Å². The molecule has 2 rings (SSSR count). The van der Waals surface area contributed by atoms with Crippen molar-refractivity contribution < 1.29 is 4.43 Å². The van der Waals surface area contributed by atoms with Gasteiger partial charge in [0.1, 0.15) is 5.75 Å². The van der Waals surface area contributed by atoms with Crippen LogP contribution in [0.5, 0.6) is 5.75 Å². The molecule has 0 heterocycles. The summed E-state index contributed by atoms with van der Waals surface area (Å²) in [6.45, 7) is 11.4. The fourth-order valence-electron chi connectivity index (χ4n) is 1.84. The van der Waals surface area contributed by atoms with Crippen molar-refractivity contribution >= 4 is 8.32 Å². The summed E-state index contributed by atoms with van der Waals surface area (Å²) in [7, 11) is -1.81. The van der Waals surface area contributed by atoms with Gasteiger partial charge in [0.25, 0.3) is 8.32 Å². The van der Waals surface area contributed by atoms with Gasteiger partial charge in [-0.15, -0.1) is 0 Å². The van der Waals surface area contributed by atoms with Gasteiger partial charge in [-0.1, -0.05) is 69.3 Å². The molecule has 2 heteroatoms. The van der Waals surface area contributed by atoms with E-state index in [4.69, 9.17) is 4.43 Å². The first-order chi connectivity index (χ1) is 9.31. The Morgan fingerprint density at radius 1 is 0.800 bits per heavy atom. The Morgan fingerprint density at radius 3 is 1.95 bits per heavy atom. The van der Waals surface area contributed by atoms with Gasteiger partial charge in [-0.05, 0) is 29.8 Å². The zero-order valence-corrected chi connectivity index (χ0v) is 14.1. The summed E-state index contributed by atoms with van der Waals surface area (Å²) in [6, 6.07) is 18.8. The molecule has 0 radical (unpaired) electrons. The smallest absolute Gasteiger partial charge is 0.250 e. The van der Waals surface area contributed by atoms with Crippen LogP contribution >= 0.6 is 0 Å². The molecule has 0 aliphatic rings. The third-order valence-corrected chi connectivity index (χ3v) is 8.49. The molecular weight excluding hydrogens is 260 g/mol. The lowest BCUT2D eigenvalue weighted by Crippen LogP contribution is -2.43. The van der Waals surface area contributed by atoms with Crippen molar-refractivity contribution in [3.63, 3.8) is 0 Å². The molecule has 0 saturated carbocycles. The molecule has 0 atom stereocenters. The fraction of sp³-hybridized carbons (Fsp3) is 0.333. The molecule has 0 aliphatic carbocycles. The second-order valence-corrected chi connectivity index (χ2v) is 11.4. The molecule has 1 nitrogen and oxygen atoms in total. The molecule has 2 aromatic rings. The standard InChI is InChI=1S/C18H24OSi/c1-18(2,3)20(4,5)19-17-14-10-9-13-16(17)15-11-7-6-8-12-15/h6-14H,1-5H3. The van der Waals surface area contributed by atoms with Gasteiger partial charge in [0, 0.05) is 5.56 Å². The minimum Gasteiger partial charge on any atom is -0.543 e. The molecule has 0 bridgehead atoms. The van der Waals surface area contributed by atoms with E-state index < -0.39 is 8.32 Å². The summed E-state index contributed by atoms with van der Waals surface area (Å²) < 4.78 is 6.49. The second kappa shape index (κ2) is 5.45. The van der Waals surface area contributed by atoms with Crippen LogP contribution in [0.3, 0.4) is 0 Å². The van der Waals surface area contributed by atoms with E-state index in [1.54, 1.807) is 0 Å². The van der Waals surface area contributed by atoms with Gasteiger partial charge in [0.15, 0.2) is 0 Å². The first kappa shape index (κ1) is 14.9. The zero-order valence-electron chi connectivity index (χ0n) is 13.1. The molecule has 0 aromatic heterocycles. The topological polar surface area (TPSA) is 9.23 Å². The van der Waals surface area contributed by atoms with Crippen LogP contribution in [-0.2, 0) is 0 Å². The van der Waals surface area contributed by atoms with E-state index in [0.717, 1.165) is 5.75 Å². The van der Waals surface area contributed by atoms with Crippen molar-refractivity contribution in [2.75, 3.05) is 0 Å². The average molecular weight is 284 g/mol. The van der Waals surface area contributed by atoms with Gasteiger partial charge in [-0.2, -0.15) is 0 Å². The molecule has 0 saturated heterocycles. The number of rotatable bonds is 3. The Morgan fingerprint density at radius 2 is 1.35 bits per heavy atom. The average Bonchev–Trinajstić information content (AvgIpc) is 2.38. The summed E-state index contributed by atoms with van der Waals surface area (Å²) in [5, 5.41) is 0.205. The zero-order chi connectivity index (χ0) is 14.8. The highest BCUT2D eigenvalue weighted by Crippen LogP contribution is 2.40. The van der Waals surface area contributed by atoms with Crippen LogP contribution in [0.15, 0.2) is 54.6 Å². The lowest BCUT2D eigenvalue weighted by molar-refractivity contribution is 0.493. The van der Waals surface area contributed by atoms with Crippen molar-refractivity contribution in [3.05, 3.63) is 54.6 Å². The van der Waals surface area contributed by atoms with E-state index in [9.17, 15) is 0 Å². The van der Waals surface area contributed by atoms with Crippen LogP contribution in [0, 0.1) is 0 Å². The van der Waals surface area contributed by atoms with E-state index in [2.05, 4.69) is 82.4 Å². The molecule has 106 valence electrons. The molecule has 0 aliphatic heterocycles. The van der Waals surface area contributed by atoms with E-state index in [0.29, 0.717) is 0 Å². The van der Waals surface area contributed by atoms with Gasteiger partial charge in [0.05, 0.1) is 0 Å². The van der Waals surface area contributed by atoms with E-state index in [1.807, 2.05) is 6.07 Å².